The molecule has 5 heteroatoms. The highest BCUT2D eigenvalue weighted by molar-refractivity contribution is 9.10. The van der Waals surface area contributed by atoms with Gasteiger partial charge in [0.1, 0.15) is 5.75 Å². The highest BCUT2D eigenvalue weighted by Gasteiger charge is 2.15. The molecule has 1 unspecified atom stereocenters. The van der Waals surface area contributed by atoms with E-state index in [4.69, 9.17) is 27.9 Å². The topological polar surface area (TPSA) is 21.3 Å². The Labute approximate surface area is 143 Å². The molecule has 0 fully saturated rings. The van der Waals surface area contributed by atoms with Gasteiger partial charge in [0.2, 0.25) is 0 Å². The first-order valence-corrected chi connectivity index (χ1v) is 8.16. The van der Waals surface area contributed by atoms with Gasteiger partial charge in [0.25, 0.3) is 0 Å². The zero-order chi connectivity index (χ0) is 15.4. The van der Waals surface area contributed by atoms with Crippen LogP contribution in [-0.2, 0) is 0 Å². The SMILES string of the molecule is CCOc1ccc(C(NC)c2ccc(Cl)c(Cl)c2)cc1Br. The van der Waals surface area contributed by atoms with E-state index in [2.05, 4.69) is 27.3 Å². The molecule has 112 valence electrons. The second kappa shape index (κ2) is 7.50. The molecule has 0 aromatic heterocycles. The molecule has 0 radical (unpaired) electrons. The summed E-state index contributed by atoms with van der Waals surface area (Å²) in [6.07, 6.45) is 0. The van der Waals surface area contributed by atoms with Crippen LogP contribution in [0, 0.1) is 0 Å². The molecule has 0 bridgehead atoms. The molecule has 1 atom stereocenters. The minimum atomic E-state index is 0.0340. The van der Waals surface area contributed by atoms with E-state index in [0.717, 1.165) is 21.3 Å². The number of hydrogen-bond donors (Lipinski definition) is 1. The van der Waals surface area contributed by atoms with Crippen LogP contribution < -0.4 is 10.1 Å². The third-order valence-corrected chi connectivity index (χ3v) is 4.51. The summed E-state index contributed by atoms with van der Waals surface area (Å²) in [6, 6.07) is 11.8. The first-order valence-electron chi connectivity index (χ1n) is 6.61. The lowest BCUT2D eigenvalue weighted by atomic mass is 9.99. The van der Waals surface area contributed by atoms with Crippen molar-refractivity contribution in [3.05, 3.63) is 62.0 Å². The number of hydrogen-bond acceptors (Lipinski definition) is 2. The van der Waals surface area contributed by atoms with E-state index < -0.39 is 0 Å². The van der Waals surface area contributed by atoms with Crippen molar-refractivity contribution in [2.45, 2.75) is 13.0 Å². The molecule has 2 rings (SSSR count). The van der Waals surface area contributed by atoms with Crippen LogP contribution in [0.2, 0.25) is 10.0 Å². The van der Waals surface area contributed by atoms with Crippen molar-refractivity contribution in [2.24, 2.45) is 0 Å². The average molecular weight is 389 g/mol. The first-order chi connectivity index (χ1) is 10.1. The Morgan fingerprint density at radius 3 is 2.33 bits per heavy atom. The van der Waals surface area contributed by atoms with Gasteiger partial charge < -0.3 is 10.1 Å². The smallest absolute Gasteiger partial charge is 0.133 e. The van der Waals surface area contributed by atoms with Crippen LogP contribution >= 0.6 is 39.1 Å². The lowest BCUT2D eigenvalue weighted by Crippen LogP contribution is -2.17. The Hall–Kier alpha value is -0.740. The minimum absolute atomic E-state index is 0.0340. The van der Waals surface area contributed by atoms with E-state index in [1.165, 1.54) is 0 Å². The van der Waals surface area contributed by atoms with Crippen LogP contribution in [0.4, 0.5) is 0 Å². The van der Waals surface area contributed by atoms with Crippen molar-refractivity contribution >= 4 is 39.1 Å². The first kappa shape index (κ1) is 16.6. The van der Waals surface area contributed by atoms with Gasteiger partial charge in [0.05, 0.1) is 27.2 Å². The maximum absolute atomic E-state index is 6.11. The molecule has 2 aromatic rings. The monoisotopic (exact) mass is 387 g/mol. The quantitative estimate of drug-likeness (QED) is 0.733. The molecule has 2 aromatic carbocycles. The lowest BCUT2D eigenvalue weighted by molar-refractivity contribution is 0.338. The van der Waals surface area contributed by atoms with Gasteiger partial charge in [-0.05, 0) is 65.3 Å². The van der Waals surface area contributed by atoms with E-state index >= 15 is 0 Å². The van der Waals surface area contributed by atoms with Gasteiger partial charge in [0.15, 0.2) is 0 Å². The Morgan fingerprint density at radius 2 is 1.76 bits per heavy atom. The third kappa shape index (κ3) is 3.92. The van der Waals surface area contributed by atoms with Crippen LogP contribution in [0.5, 0.6) is 5.75 Å². The summed E-state index contributed by atoms with van der Waals surface area (Å²) in [6.45, 7) is 2.60. The van der Waals surface area contributed by atoms with Crippen LogP contribution in [0.15, 0.2) is 40.9 Å². The number of benzene rings is 2. The molecule has 0 saturated heterocycles. The Balaban J connectivity index is 2.36. The van der Waals surface area contributed by atoms with E-state index in [-0.39, 0.29) is 6.04 Å². The average Bonchev–Trinajstić information content (AvgIpc) is 2.46. The normalized spacial score (nSPS) is 12.2. The highest BCUT2D eigenvalue weighted by atomic mass is 79.9. The fourth-order valence-electron chi connectivity index (χ4n) is 2.19. The van der Waals surface area contributed by atoms with E-state index in [0.29, 0.717) is 16.7 Å². The summed E-state index contributed by atoms with van der Waals surface area (Å²) >= 11 is 15.6. The molecule has 0 heterocycles. The van der Waals surface area contributed by atoms with Gasteiger partial charge in [0, 0.05) is 0 Å². The fraction of sp³-hybridized carbons (Fsp3) is 0.250. The van der Waals surface area contributed by atoms with Gasteiger partial charge in [-0.2, -0.15) is 0 Å². The molecule has 0 spiro atoms. The summed E-state index contributed by atoms with van der Waals surface area (Å²) in [5, 5.41) is 4.41. The molecule has 0 aliphatic carbocycles. The fourth-order valence-corrected chi connectivity index (χ4v) is 3.00. The van der Waals surface area contributed by atoms with Crippen LogP contribution in [-0.4, -0.2) is 13.7 Å². The second-order valence-corrected chi connectivity index (χ2v) is 6.19. The molecule has 0 amide bonds. The molecule has 1 N–H and O–H groups in total. The predicted molar refractivity (Wildman–Crippen MR) is 92.7 cm³/mol. The number of ether oxygens (including phenoxy) is 1. The van der Waals surface area contributed by atoms with Crippen LogP contribution in [0.3, 0.4) is 0 Å². The zero-order valence-electron chi connectivity index (χ0n) is 11.8. The van der Waals surface area contributed by atoms with Crippen molar-refractivity contribution in [1.82, 2.24) is 5.32 Å². The van der Waals surface area contributed by atoms with Crippen molar-refractivity contribution in [3.63, 3.8) is 0 Å². The Morgan fingerprint density at radius 1 is 1.10 bits per heavy atom. The van der Waals surface area contributed by atoms with E-state index in [9.17, 15) is 0 Å². The molecular weight excluding hydrogens is 373 g/mol. The largest absolute Gasteiger partial charge is 0.493 e. The third-order valence-electron chi connectivity index (χ3n) is 3.15. The zero-order valence-corrected chi connectivity index (χ0v) is 14.9. The Bertz CT molecular complexity index is 634. The van der Waals surface area contributed by atoms with E-state index in [1.54, 1.807) is 0 Å². The van der Waals surface area contributed by atoms with Crippen molar-refractivity contribution < 1.29 is 4.74 Å². The molecule has 21 heavy (non-hydrogen) atoms. The summed E-state index contributed by atoms with van der Waals surface area (Å²) < 4.78 is 6.47. The van der Waals surface area contributed by atoms with Gasteiger partial charge in [-0.1, -0.05) is 35.3 Å². The second-order valence-electron chi connectivity index (χ2n) is 4.52. The van der Waals surface area contributed by atoms with Gasteiger partial charge in [-0.15, -0.1) is 0 Å². The molecule has 0 aliphatic rings. The number of halogens is 3. The standard InChI is InChI=1S/C16H16BrCl2NO/c1-3-21-15-7-5-10(8-12(15)17)16(20-2)11-4-6-13(18)14(19)9-11/h4-9,16,20H,3H2,1-2H3. The number of rotatable bonds is 5. The summed E-state index contributed by atoms with van der Waals surface area (Å²) in [7, 11) is 1.91. The minimum Gasteiger partial charge on any atom is -0.493 e. The van der Waals surface area contributed by atoms with Gasteiger partial charge >= 0.3 is 0 Å². The predicted octanol–water partition coefficient (Wildman–Crippen LogP) is 5.46. The molecule has 2 nitrogen and oxygen atoms in total. The maximum atomic E-state index is 6.11. The number of nitrogens with one attached hydrogen (secondary N) is 1. The van der Waals surface area contributed by atoms with Crippen LogP contribution in [0.25, 0.3) is 0 Å². The highest BCUT2D eigenvalue weighted by Crippen LogP contribution is 2.32. The van der Waals surface area contributed by atoms with Gasteiger partial charge in [-0.3, -0.25) is 0 Å². The Kier molecular flexibility index (Phi) is 5.94. The molecular formula is C16H16BrCl2NO. The van der Waals surface area contributed by atoms with Crippen molar-refractivity contribution in [2.75, 3.05) is 13.7 Å². The molecule has 0 aliphatic heterocycles. The lowest BCUT2D eigenvalue weighted by Gasteiger charge is -2.19. The van der Waals surface area contributed by atoms with Gasteiger partial charge in [-0.25, -0.2) is 0 Å². The van der Waals surface area contributed by atoms with Crippen molar-refractivity contribution in [1.29, 1.82) is 0 Å². The maximum Gasteiger partial charge on any atom is 0.133 e. The summed E-state index contributed by atoms with van der Waals surface area (Å²) in [5.74, 6) is 0.838. The van der Waals surface area contributed by atoms with Crippen LogP contribution in [0.1, 0.15) is 24.1 Å². The summed E-state index contributed by atoms with van der Waals surface area (Å²) in [4.78, 5) is 0. The van der Waals surface area contributed by atoms with E-state index in [1.807, 2.05) is 44.3 Å². The molecule has 0 saturated carbocycles. The summed E-state index contributed by atoms with van der Waals surface area (Å²) in [5.41, 5.74) is 2.18. The van der Waals surface area contributed by atoms with Crippen molar-refractivity contribution in [3.8, 4) is 5.75 Å².